The summed E-state index contributed by atoms with van der Waals surface area (Å²) in [5, 5.41) is 11.5. The monoisotopic (exact) mass is 361 g/mol. The maximum atomic E-state index is 5.42. The van der Waals surface area contributed by atoms with Crippen LogP contribution in [0.15, 0.2) is 48.7 Å². The first-order valence-electron chi connectivity index (χ1n) is 8.99. The number of aromatic nitrogens is 3. The van der Waals surface area contributed by atoms with Crippen LogP contribution in [0, 0.1) is 0 Å². The molecule has 0 unspecified atom stereocenters. The fourth-order valence-corrected chi connectivity index (χ4v) is 3.45. The lowest BCUT2D eigenvalue weighted by Gasteiger charge is -2.29. The van der Waals surface area contributed by atoms with E-state index in [9.17, 15) is 0 Å². The first-order chi connectivity index (χ1) is 13.3. The Hall–Kier alpha value is -3.35. The van der Waals surface area contributed by atoms with Crippen molar-refractivity contribution < 1.29 is 9.47 Å². The van der Waals surface area contributed by atoms with Gasteiger partial charge in [0.1, 0.15) is 0 Å². The molecule has 0 amide bonds. The number of benzene rings is 2. The van der Waals surface area contributed by atoms with Gasteiger partial charge in [-0.15, -0.1) is 5.10 Å². The summed E-state index contributed by atoms with van der Waals surface area (Å²) >= 11 is 0. The van der Waals surface area contributed by atoms with Crippen molar-refractivity contribution in [1.29, 1.82) is 0 Å². The molecule has 0 saturated heterocycles. The normalized spacial score (nSPS) is 14.7. The number of hydrogen-bond acceptors (Lipinski definition) is 7. The summed E-state index contributed by atoms with van der Waals surface area (Å²) in [7, 11) is 0. The molecule has 3 aromatic rings. The van der Waals surface area contributed by atoms with Gasteiger partial charge in [-0.25, -0.2) is 0 Å². The Labute approximate surface area is 157 Å². The van der Waals surface area contributed by atoms with Gasteiger partial charge in [0.15, 0.2) is 17.3 Å². The third kappa shape index (κ3) is 3.23. The molecule has 2 aliphatic heterocycles. The van der Waals surface area contributed by atoms with E-state index in [0.717, 1.165) is 42.4 Å². The maximum Gasteiger partial charge on any atom is 0.244 e. The van der Waals surface area contributed by atoms with Crippen molar-refractivity contribution in [1.82, 2.24) is 15.2 Å². The van der Waals surface area contributed by atoms with Gasteiger partial charge < -0.3 is 19.7 Å². The minimum absolute atomic E-state index is 0.278. The highest BCUT2D eigenvalue weighted by Gasteiger charge is 2.18. The van der Waals surface area contributed by atoms with Crippen LogP contribution in [0.2, 0.25) is 0 Å². The number of hydrogen-bond donors (Lipinski definition) is 1. The van der Waals surface area contributed by atoms with E-state index >= 15 is 0 Å². The van der Waals surface area contributed by atoms with Gasteiger partial charge in [0.25, 0.3) is 0 Å². The third-order valence-corrected chi connectivity index (χ3v) is 4.89. The van der Waals surface area contributed by atoms with Crippen molar-refractivity contribution in [3.63, 3.8) is 0 Å². The van der Waals surface area contributed by atoms with Crippen molar-refractivity contribution >= 4 is 11.8 Å². The zero-order chi connectivity index (χ0) is 18.1. The second-order valence-electron chi connectivity index (χ2n) is 6.62. The molecule has 0 fully saturated rings. The lowest BCUT2D eigenvalue weighted by Crippen LogP contribution is -2.31. The van der Waals surface area contributed by atoms with Crippen LogP contribution in [0.25, 0.3) is 0 Å². The number of rotatable bonds is 4. The van der Waals surface area contributed by atoms with Gasteiger partial charge in [0, 0.05) is 19.6 Å². The fraction of sp³-hybridized carbons (Fsp3) is 0.250. The molecule has 5 rings (SSSR count). The summed E-state index contributed by atoms with van der Waals surface area (Å²) in [6, 6.07) is 14.4. The van der Waals surface area contributed by atoms with Crippen LogP contribution < -0.4 is 19.7 Å². The van der Waals surface area contributed by atoms with E-state index in [-0.39, 0.29) is 6.79 Å². The molecule has 0 aliphatic carbocycles. The Morgan fingerprint density at radius 3 is 2.89 bits per heavy atom. The van der Waals surface area contributed by atoms with E-state index < -0.39 is 0 Å². The number of anilines is 2. The summed E-state index contributed by atoms with van der Waals surface area (Å²) < 4.78 is 10.8. The van der Waals surface area contributed by atoms with Crippen LogP contribution in [0.5, 0.6) is 11.5 Å². The van der Waals surface area contributed by atoms with Crippen LogP contribution in [0.4, 0.5) is 11.8 Å². The molecule has 0 saturated carbocycles. The standard InChI is InChI=1S/C20H19N5O2/c1-2-4-16-12-25(8-7-15(16)3-1)19-11-22-24-20(23-19)21-10-14-5-6-17-18(9-14)27-13-26-17/h1-6,9,11H,7-8,10,12-13H2,(H,21,23,24). The zero-order valence-electron chi connectivity index (χ0n) is 14.8. The van der Waals surface area contributed by atoms with E-state index in [0.29, 0.717) is 12.5 Å². The van der Waals surface area contributed by atoms with Crippen LogP contribution in [-0.2, 0) is 19.5 Å². The predicted molar refractivity (Wildman–Crippen MR) is 101 cm³/mol. The van der Waals surface area contributed by atoms with E-state index in [1.54, 1.807) is 6.20 Å². The molecule has 2 aromatic carbocycles. The van der Waals surface area contributed by atoms with Crippen molar-refractivity contribution in [2.24, 2.45) is 0 Å². The summed E-state index contributed by atoms with van der Waals surface area (Å²) in [4.78, 5) is 6.88. The van der Waals surface area contributed by atoms with Gasteiger partial charge >= 0.3 is 0 Å². The summed E-state index contributed by atoms with van der Waals surface area (Å²) in [6.07, 6.45) is 2.74. The summed E-state index contributed by atoms with van der Waals surface area (Å²) in [5.41, 5.74) is 3.83. The maximum absolute atomic E-state index is 5.42. The molecule has 3 heterocycles. The minimum atomic E-state index is 0.278. The summed E-state index contributed by atoms with van der Waals surface area (Å²) in [5.74, 6) is 2.91. The molecule has 2 aliphatic rings. The Bertz CT molecular complexity index is 978. The van der Waals surface area contributed by atoms with E-state index in [1.165, 1.54) is 11.1 Å². The van der Waals surface area contributed by atoms with Gasteiger partial charge in [0.2, 0.25) is 12.7 Å². The topological polar surface area (TPSA) is 72.4 Å². The SMILES string of the molecule is c1ccc2c(c1)CCN(c1cnnc(NCc3ccc4c(c3)OCO4)n1)C2. The zero-order valence-corrected chi connectivity index (χ0v) is 14.8. The van der Waals surface area contributed by atoms with E-state index in [1.807, 2.05) is 18.2 Å². The number of nitrogens with zero attached hydrogens (tertiary/aromatic N) is 4. The molecule has 136 valence electrons. The Balaban J connectivity index is 1.28. The predicted octanol–water partition coefficient (Wildman–Crippen LogP) is 2.78. The van der Waals surface area contributed by atoms with E-state index in [2.05, 4.69) is 49.7 Å². The highest BCUT2D eigenvalue weighted by molar-refractivity contribution is 5.47. The first kappa shape index (κ1) is 15.9. The third-order valence-electron chi connectivity index (χ3n) is 4.89. The Kier molecular flexibility index (Phi) is 3.97. The highest BCUT2D eigenvalue weighted by Crippen LogP contribution is 2.32. The summed E-state index contributed by atoms with van der Waals surface area (Å²) in [6.45, 7) is 2.64. The number of nitrogens with one attached hydrogen (secondary N) is 1. The molecule has 7 heteroatoms. The Morgan fingerprint density at radius 2 is 1.93 bits per heavy atom. The van der Waals surface area contributed by atoms with E-state index in [4.69, 9.17) is 9.47 Å². The number of fused-ring (bicyclic) bond motifs is 2. The number of ether oxygens (including phenoxy) is 2. The fourth-order valence-electron chi connectivity index (χ4n) is 3.45. The molecular weight excluding hydrogens is 342 g/mol. The minimum Gasteiger partial charge on any atom is -0.454 e. The van der Waals surface area contributed by atoms with Gasteiger partial charge in [-0.05, 0) is 35.2 Å². The molecular formula is C20H19N5O2. The molecule has 0 spiro atoms. The van der Waals surface area contributed by atoms with Gasteiger partial charge in [0.05, 0.1) is 6.20 Å². The second kappa shape index (κ2) is 6.75. The molecule has 27 heavy (non-hydrogen) atoms. The molecule has 0 radical (unpaired) electrons. The lowest BCUT2D eigenvalue weighted by molar-refractivity contribution is 0.174. The smallest absolute Gasteiger partial charge is 0.244 e. The molecule has 1 aromatic heterocycles. The largest absolute Gasteiger partial charge is 0.454 e. The average molecular weight is 361 g/mol. The highest BCUT2D eigenvalue weighted by atomic mass is 16.7. The molecule has 0 bridgehead atoms. The lowest BCUT2D eigenvalue weighted by atomic mass is 10.0. The Morgan fingerprint density at radius 1 is 1.04 bits per heavy atom. The molecule has 0 atom stereocenters. The van der Waals surface area contributed by atoms with Crippen LogP contribution in [0.3, 0.4) is 0 Å². The molecule has 7 nitrogen and oxygen atoms in total. The van der Waals surface area contributed by atoms with Crippen molar-refractivity contribution in [2.45, 2.75) is 19.5 Å². The van der Waals surface area contributed by atoms with Crippen molar-refractivity contribution in [3.8, 4) is 11.5 Å². The van der Waals surface area contributed by atoms with Crippen molar-refractivity contribution in [3.05, 3.63) is 65.4 Å². The molecule has 1 N–H and O–H groups in total. The van der Waals surface area contributed by atoms with Gasteiger partial charge in [-0.2, -0.15) is 10.1 Å². The van der Waals surface area contributed by atoms with Crippen LogP contribution in [0.1, 0.15) is 16.7 Å². The van der Waals surface area contributed by atoms with Crippen LogP contribution >= 0.6 is 0 Å². The first-order valence-corrected chi connectivity index (χ1v) is 8.99. The average Bonchev–Trinajstić information content (AvgIpc) is 3.20. The van der Waals surface area contributed by atoms with Gasteiger partial charge in [-0.1, -0.05) is 30.3 Å². The second-order valence-corrected chi connectivity index (χ2v) is 6.62. The van der Waals surface area contributed by atoms with Gasteiger partial charge in [-0.3, -0.25) is 0 Å². The quantitative estimate of drug-likeness (QED) is 0.766. The van der Waals surface area contributed by atoms with Crippen LogP contribution in [-0.4, -0.2) is 28.5 Å². The van der Waals surface area contributed by atoms with Crippen molar-refractivity contribution in [2.75, 3.05) is 23.6 Å².